The SMILES string of the molecule is C[C@@H]1C[C@H]2CC[C@H](O2)[C@H](C)C(=O)O[C@@H](C)C[C@H]2CC[C@@H](O2)[C@@H](C)C(=O)O[C@H](C)C[C@H]2CC[C@H](O2)[C@H](C)C(=O)O[C@@H](C)C[C@H]2CC[C@@H](O2)[C@@H](C)C(=O)O1. The van der Waals surface area contributed by atoms with Gasteiger partial charge >= 0.3 is 23.9 Å². The molecule has 0 unspecified atom stereocenters. The summed E-state index contributed by atoms with van der Waals surface area (Å²) in [5.41, 5.74) is 0. The van der Waals surface area contributed by atoms with Gasteiger partial charge in [-0.25, -0.2) is 0 Å². The predicted molar refractivity (Wildman–Crippen MR) is 189 cm³/mol. The van der Waals surface area contributed by atoms with Gasteiger partial charge in [0.2, 0.25) is 0 Å². The van der Waals surface area contributed by atoms with Crippen LogP contribution in [0, 0.1) is 23.7 Å². The van der Waals surface area contributed by atoms with Crippen LogP contribution in [0.15, 0.2) is 0 Å². The molecular formula is C40H64O12. The van der Waals surface area contributed by atoms with Crippen LogP contribution >= 0.6 is 0 Å². The van der Waals surface area contributed by atoms with E-state index < -0.39 is 23.7 Å². The van der Waals surface area contributed by atoms with Crippen LogP contribution in [0.5, 0.6) is 0 Å². The molecule has 16 atom stereocenters. The van der Waals surface area contributed by atoms with Crippen molar-refractivity contribution in [2.24, 2.45) is 23.7 Å². The molecule has 5 aliphatic rings. The number of hydrogen-bond donors (Lipinski definition) is 0. The molecule has 0 spiro atoms. The number of cyclic esters (lactones) is 4. The van der Waals surface area contributed by atoms with Gasteiger partial charge in [-0.15, -0.1) is 0 Å². The van der Waals surface area contributed by atoms with E-state index >= 15 is 0 Å². The Kier molecular flexibility index (Phi) is 14.4. The summed E-state index contributed by atoms with van der Waals surface area (Å²) in [6, 6.07) is 0. The van der Waals surface area contributed by atoms with Crippen LogP contribution in [0.1, 0.15) is 132 Å². The van der Waals surface area contributed by atoms with Gasteiger partial charge in [-0.05, 0) is 107 Å². The Bertz CT molecular complexity index is 1040. The average Bonchev–Trinajstić information content (AvgIpc) is 3.91. The zero-order valence-electron chi connectivity index (χ0n) is 32.6. The molecule has 12 nitrogen and oxygen atoms in total. The Balaban J connectivity index is 1.19. The molecule has 12 heteroatoms. The number of ether oxygens (including phenoxy) is 8. The van der Waals surface area contributed by atoms with Crippen molar-refractivity contribution in [3.63, 3.8) is 0 Å². The topological polar surface area (TPSA) is 142 Å². The standard InChI is InChI=1S/C40H64O12/c1-21-17-29-9-13-34(49-29)26(6)38(42)46-23(3)19-31-11-15-36(51-31)28(8)40(44)48-24(4)20-32-12-16-35(52-32)27(7)39(43)47-22(2)18-30-10-14-33(50-30)25(5)37(41)45-21/h21-36H,9-20H2,1-8H3/t21-,22+,23+,24-,25-,26+,27+,28-,29-,30-,31-,32-,33-,34+,35+,36-/m1/s1. The molecule has 0 amide bonds. The number of carbonyl (C=O) groups excluding carboxylic acids is 4. The lowest BCUT2D eigenvalue weighted by Gasteiger charge is -2.26. The summed E-state index contributed by atoms with van der Waals surface area (Å²) in [6.45, 7) is 14.9. The first-order chi connectivity index (χ1) is 24.7. The first-order valence-corrected chi connectivity index (χ1v) is 20.1. The Labute approximate surface area is 309 Å². The molecule has 0 saturated carbocycles. The lowest BCUT2D eigenvalue weighted by molar-refractivity contribution is -0.161. The van der Waals surface area contributed by atoms with Crippen molar-refractivity contribution in [1.82, 2.24) is 0 Å². The monoisotopic (exact) mass is 736 g/mol. The number of fused-ring (bicyclic) bond motifs is 8. The van der Waals surface area contributed by atoms with Gasteiger partial charge in [-0.3, -0.25) is 19.2 Å². The maximum absolute atomic E-state index is 13.1. The van der Waals surface area contributed by atoms with Gasteiger partial charge in [0.1, 0.15) is 24.4 Å². The quantitative estimate of drug-likeness (QED) is 0.212. The smallest absolute Gasteiger partial charge is 0.311 e. The molecule has 296 valence electrons. The van der Waals surface area contributed by atoms with Crippen LogP contribution < -0.4 is 0 Å². The minimum Gasteiger partial charge on any atom is -0.462 e. The van der Waals surface area contributed by atoms with E-state index in [1.165, 1.54) is 0 Å². The van der Waals surface area contributed by atoms with Crippen molar-refractivity contribution in [2.75, 3.05) is 0 Å². The number of rotatable bonds is 0. The zero-order chi connectivity index (χ0) is 37.7. The van der Waals surface area contributed by atoms with Crippen LogP contribution in [-0.4, -0.2) is 97.1 Å². The number of esters is 4. The van der Waals surface area contributed by atoms with E-state index in [-0.39, 0.29) is 97.1 Å². The molecule has 0 aromatic rings. The van der Waals surface area contributed by atoms with Gasteiger partial charge in [0.05, 0.1) is 72.5 Å². The molecule has 0 aromatic carbocycles. The minimum atomic E-state index is -0.434. The fraction of sp³-hybridized carbons (Fsp3) is 0.900. The first-order valence-electron chi connectivity index (χ1n) is 20.1. The maximum atomic E-state index is 13.1. The Morgan fingerprint density at radius 1 is 0.327 bits per heavy atom. The largest absolute Gasteiger partial charge is 0.462 e. The molecule has 0 aliphatic carbocycles. The molecule has 52 heavy (non-hydrogen) atoms. The number of carbonyl (C=O) groups is 4. The van der Waals surface area contributed by atoms with Crippen molar-refractivity contribution in [1.29, 1.82) is 0 Å². The molecule has 5 rings (SSSR count). The average molecular weight is 737 g/mol. The van der Waals surface area contributed by atoms with E-state index in [4.69, 9.17) is 37.9 Å². The van der Waals surface area contributed by atoms with Crippen LogP contribution in [0.4, 0.5) is 0 Å². The molecule has 5 aliphatic heterocycles. The molecule has 5 fully saturated rings. The lowest BCUT2D eigenvalue weighted by Crippen LogP contribution is -2.34. The van der Waals surface area contributed by atoms with Crippen LogP contribution in [0.2, 0.25) is 0 Å². The third kappa shape index (κ3) is 10.9. The fourth-order valence-corrected chi connectivity index (χ4v) is 8.60. The summed E-state index contributed by atoms with van der Waals surface area (Å²) in [6.07, 6.45) is 5.22. The summed E-state index contributed by atoms with van der Waals surface area (Å²) in [7, 11) is 0. The molecule has 5 saturated heterocycles. The highest BCUT2D eigenvalue weighted by Crippen LogP contribution is 2.34. The van der Waals surface area contributed by atoms with Crippen molar-refractivity contribution < 1.29 is 57.1 Å². The van der Waals surface area contributed by atoms with E-state index in [0.717, 1.165) is 51.4 Å². The van der Waals surface area contributed by atoms with E-state index in [0.29, 0.717) is 25.7 Å². The second-order valence-corrected chi connectivity index (χ2v) is 16.6. The van der Waals surface area contributed by atoms with E-state index in [1.54, 1.807) is 0 Å². The highest BCUT2D eigenvalue weighted by atomic mass is 16.6. The van der Waals surface area contributed by atoms with Crippen molar-refractivity contribution in [3.05, 3.63) is 0 Å². The molecule has 0 radical (unpaired) electrons. The van der Waals surface area contributed by atoms with Gasteiger partial charge in [-0.1, -0.05) is 0 Å². The zero-order valence-corrected chi connectivity index (χ0v) is 32.6. The summed E-state index contributed by atoms with van der Waals surface area (Å²) in [4.78, 5) is 52.4. The van der Waals surface area contributed by atoms with Gasteiger partial charge < -0.3 is 37.9 Å². The van der Waals surface area contributed by atoms with E-state index in [9.17, 15) is 19.2 Å². The van der Waals surface area contributed by atoms with Crippen molar-refractivity contribution >= 4 is 23.9 Å². The molecule has 5 heterocycles. The highest BCUT2D eigenvalue weighted by molar-refractivity contribution is 5.74. The molecule has 8 bridgehead atoms. The van der Waals surface area contributed by atoms with Crippen LogP contribution in [0.25, 0.3) is 0 Å². The minimum absolute atomic E-state index is 0.119. The third-order valence-corrected chi connectivity index (χ3v) is 11.9. The molecule has 0 N–H and O–H groups in total. The van der Waals surface area contributed by atoms with E-state index in [1.807, 2.05) is 55.4 Å². The van der Waals surface area contributed by atoms with Crippen molar-refractivity contribution in [2.45, 2.75) is 206 Å². The van der Waals surface area contributed by atoms with Gasteiger partial charge in [0.25, 0.3) is 0 Å². The Morgan fingerprint density at radius 2 is 0.519 bits per heavy atom. The van der Waals surface area contributed by atoms with Gasteiger partial charge in [-0.2, -0.15) is 0 Å². The van der Waals surface area contributed by atoms with Crippen LogP contribution in [-0.2, 0) is 57.1 Å². The lowest BCUT2D eigenvalue weighted by atomic mass is 10.00. The highest BCUT2D eigenvalue weighted by Gasteiger charge is 2.41. The van der Waals surface area contributed by atoms with Crippen molar-refractivity contribution in [3.8, 4) is 0 Å². The molecular weight excluding hydrogens is 672 g/mol. The fourth-order valence-electron chi connectivity index (χ4n) is 8.60. The predicted octanol–water partition coefficient (Wildman–Crippen LogP) is 6.02. The normalized spacial score (nSPS) is 45.2. The van der Waals surface area contributed by atoms with Crippen LogP contribution in [0.3, 0.4) is 0 Å². The summed E-state index contributed by atoms with van der Waals surface area (Å²) >= 11 is 0. The van der Waals surface area contributed by atoms with E-state index in [2.05, 4.69) is 0 Å². The summed E-state index contributed by atoms with van der Waals surface area (Å²) < 4.78 is 48.4. The summed E-state index contributed by atoms with van der Waals surface area (Å²) in [5.74, 6) is -2.93. The Morgan fingerprint density at radius 3 is 0.712 bits per heavy atom. The third-order valence-electron chi connectivity index (χ3n) is 11.9. The van der Waals surface area contributed by atoms with Gasteiger partial charge in [0, 0.05) is 25.7 Å². The second-order valence-electron chi connectivity index (χ2n) is 16.6. The molecule has 0 aromatic heterocycles. The Hall–Kier alpha value is -2.28. The maximum Gasteiger partial charge on any atom is 0.311 e. The second kappa shape index (κ2) is 18.4. The number of hydrogen-bond acceptors (Lipinski definition) is 12. The van der Waals surface area contributed by atoms with Gasteiger partial charge in [0.15, 0.2) is 0 Å². The summed E-state index contributed by atoms with van der Waals surface area (Å²) in [5, 5.41) is 0. The first kappa shape index (κ1) is 40.9.